The summed E-state index contributed by atoms with van der Waals surface area (Å²) in [6.07, 6.45) is 0.676. The average molecular weight is 476 g/mol. The van der Waals surface area contributed by atoms with E-state index in [4.69, 9.17) is 35.6 Å². The second-order valence-electron chi connectivity index (χ2n) is 7.49. The van der Waals surface area contributed by atoms with Crippen LogP contribution in [0.4, 0.5) is 15.9 Å². The molecule has 0 saturated heterocycles. The fraction of sp³-hybridized carbons (Fsp3) is 0.375. The van der Waals surface area contributed by atoms with E-state index >= 15 is 0 Å². The Balaban J connectivity index is 1.59. The Morgan fingerprint density at radius 1 is 1.03 bits per heavy atom. The highest BCUT2D eigenvalue weighted by Gasteiger charge is 2.29. The van der Waals surface area contributed by atoms with Gasteiger partial charge in [0.15, 0.2) is 11.5 Å². The van der Waals surface area contributed by atoms with Crippen molar-refractivity contribution >= 4 is 23.1 Å². The molecule has 176 valence electrons. The highest BCUT2D eigenvalue weighted by atomic mass is 35.5. The lowest BCUT2D eigenvalue weighted by molar-refractivity contribution is 0.0496. The van der Waals surface area contributed by atoms with Crippen LogP contribution >= 0.6 is 11.6 Å². The van der Waals surface area contributed by atoms with Gasteiger partial charge in [-0.2, -0.15) is 5.10 Å². The minimum absolute atomic E-state index is 0.305. The van der Waals surface area contributed by atoms with Gasteiger partial charge >= 0.3 is 0 Å². The quantitative estimate of drug-likeness (QED) is 0.238. The predicted molar refractivity (Wildman–Crippen MR) is 126 cm³/mol. The first-order valence-corrected chi connectivity index (χ1v) is 11.3. The molecule has 0 unspecified atom stereocenters. The molecular formula is C24H27ClFN3O4. The fourth-order valence-corrected chi connectivity index (χ4v) is 4.00. The number of anilines is 2. The van der Waals surface area contributed by atoms with Gasteiger partial charge in [0.25, 0.3) is 0 Å². The maximum Gasteiger partial charge on any atom is 0.161 e. The van der Waals surface area contributed by atoms with Crippen LogP contribution < -0.4 is 14.8 Å². The summed E-state index contributed by atoms with van der Waals surface area (Å²) in [5.41, 5.74) is 4.66. The van der Waals surface area contributed by atoms with Crippen LogP contribution in [0, 0.1) is 5.82 Å². The van der Waals surface area contributed by atoms with Crippen molar-refractivity contribution in [3.63, 3.8) is 0 Å². The summed E-state index contributed by atoms with van der Waals surface area (Å²) >= 11 is 5.60. The van der Waals surface area contributed by atoms with E-state index in [2.05, 4.69) is 5.32 Å². The lowest BCUT2D eigenvalue weighted by Gasteiger charge is -2.13. The van der Waals surface area contributed by atoms with Crippen LogP contribution in [0.2, 0.25) is 0 Å². The van der Waals surface area contributed by atoms with E-state index < -0.39 is 0 Å². The number of alkyl halides is 1. The standard InChI is InChI=1S/C24H27ClFN3O4/c1-30-21-13-16-12-20-23(19(16)15-22(21)31-2)28-29(7-9-33-11-10-32-8-6-25)24(20)27-18-5-3-4-17(26)14-18/h3-5,13-15,27H,6-12H2,1-2H3. The summed E-state index contributed by atoms with van der Waals surface area (Å²) < 4.78 is 37.6. The van der Waals surface area contributed by atoms with Gasteiger partial charge in [-0.25, -0.2) is 9.07 Å². The first-order valence-electron chi connectivity index (χ1n) is 10.7. The third-order valence-electron chi connectivity index (χ3n) is 5.41. The zero-order valence-corrected chi connectivity index (χ0v) is 19.5. The molecule has 2 aromatic carbocycles. The number of aromatic nitrogens is 2. The Hall–Kier alpha value is -2.81. The summed E-state index contributed by atoms with van der Waals surface area (Å²) in [7, 11) is 3.24. The van der Waals surface area contributed by atoms with Crippen molar-refractivity contribution in [2.24, 2.45) is 0 Å². The molecule has 1 aliphatic carbocycles. The van der Waals surface area contributed by atoms with Crippen molar-refractivity contribution in [1.82, 2.24) is 9.78 Å². The van der Waals surface area contributed by atoms with Gasteiger partial charge in [-0.15, -0.1) is 11.6 Å². The van der Waals surface area contributed by atoms with Gasteiger partial charge in [0.05, 0.1) is 52.9 Å². The fourth-order valence-electron chi connectivity index (χ4n) is 3.89. The van der Waals surface area contributed by atoms with Crippen LogP contribution in [-0.4, -0.2) is 56.3 Å². The van der Waals surface area contributed by atoms with E-state index in [9.17, 15) is 4.39 Å². The second-order valence-corrected chi connectivity index (χ2v) is 7.87. The third kappa shape index (κ3) is 5.24. The molecule has 3 aromatic rings. The number of nitrogens with zero attached hydrogens (tertiary/aromatic N) is 2. The molecule has 4 rings (SSSR count). The molecule has 0 fully saturated rings. The normalized spacial score (nSPS) is 11.9. The SMILES string of the molecule is COc1cc2c(cc1OC)-c1nn(CCOCCOCCCl)c(Nc3cccc(F)c3)c1C2. The van der Waals surface area contributed by atoms with E-state index in [1.165, 1.54) is 12.1 Å². The van der Waals surface area contributed by atoms with Crippen molar-refractivity contribution in [1.29, 1.82) is 0 Å². The van der Waals surface area contributed by atoms with Gasteiger partial charge in [-0.05, 0) is 35.9 Å². The molecular weight excluding hydrogens is 449 g/mol. The molecule has 1 heterocycles. The number of ether oxygens (including phenoxy) is 4. The molecule has 0 atom stereocenters. The summed E-state index contributed by atoms with van der Waals surface area (Å²) in [6.45, 7) is 2.46. The van der Waals surface area contributed by atoms with Crippen LogP contribution in [-0.2, 0) is 22.4 Å². The Labute approximate surface area is 197 Å². The van der Waals surface area contributed by atoms with E-state index in [0.717, 1.165) is 28.2 Å². The van der Waals surface area contributed by atoms with Crippen LogP contribution in [0.5, 0.6) is 11.5 Å². The molecule has 9 heteroatoms. The van der Waals surface area contributed by atoms with Crippen LogP contribution in [0.25, 0.3) is 11.3 Å². The first-order chi connectivity index (χ1) is 16.1. The number of hydrogen-bond donors (Lipinski definition) is 1. The van der Waals surface area contributed by atoms with Crippen molar-refractivity contribution in [2.45, 2.75) is 13.0 Å². The van der Waals surface area contributed by atoms with E-state index in [-0.39, 0.29) is 5.82 Å². The average Bonchev–Trinajstić information content (AvgIpc) is 3.33. The van der Waals surface area contributed by atoms with Gasteiger partial charge in [0.1, 0.15) is 11.6 Å². The second kappa shape index (κ2) is 10.9. The summed E-state index contributed by atoms with van der Waals surface area (Å²) in [5.74, 6) is 2.30. The molecule has 0 saturated carbocycles. The molecule has 1 aromatic heterocycles. The molecule has 0 aliphatic heterocycles. The molecule has 0 bridgehead atoms. The number of methoxy groups -OCH3 is 2. The lowest BCUT2D eigenvalue weighted by Crippen LogP contribution is -2.13. The Kier molecular flexibility index (Phi) is 7.69. The van der Waals surface area contributed by atoms with E-state index in [0.29, 0.717) is 62.5 Å². The first kappa shape index (κ1) is 23.4. The number of rotatable bonds is 12. The smallest absolute Gasteiger partial charge is 0.161 e. The molecule has 0 spiro atoms. The van der Waals surface area contributed by atoms with Crippen LogP contribution in [0.15, 0.2) is 36.4 Å². The molecule has 1 aliphatic rings. The van der Waals surface area contributed by atoms with Crippen molar-refractivity contribution in [3.8, 4) is 22.8 Å². The number of halogens is 2. The number of hydrogen-bond acceptors (Lipinski definition) is 6. The van der Waals surface area contributed by atoms with Crippen LogP contribution in [0.3, 0.4) is 0 Å². The topological polar surface area (TPSA) is 66.8 Å². The predicted octanol–water partition coefficient (Wildman–Crippen LogP) is 4.63. The van der Waals surface area contributed by atoms with Gasteiger partial charge < -0.3 is 24.3 Å². The maximum absolute atomic E-state index is 13.8. The van der Waals surface area contributed by atoms with E-state index in [1.807, 2.05) is 22.9 Å². The Morgan fingerprint density at radius 2 is 1.79 bits per heavy atom. The molecule has 1 N–H and O–H groups in total. The van der Waals surface area contributed by atoms with Gasteiger partial charge in [0, 0.05) is 29.1 Å². The van der Waals surface area contributed by atoms with Crippen molar-refractivity contribution < 1.29 is 23.3 Å². The third-order valence-corrected chi connectivity index (χ3v) is 5.56. The summed E-state index contributed by atoms with van der Waals surface area (Å²) in [5, 5.41) is 8.22. The van der Waals surface area contributed by atoms with Crippen molar-refractivity contribution in [3.05, 3.63) is 53.3 Å². The Bertz CT molecular complexity index is 1110. The van der Waals surface area contributed by atoms with Gasteiger partial charge in [-0.1, -0.05) is 6.07 Å². The zero-order valence-electron chi connectivity index (χ0n) is 18.7. The number of fused-ring (bicyclic) bond motifs is 3. The highest BCUT2D eigenvalue weighted by molar-refractivity contribution is 6.17. The molecule has 0 radical (unpaired) electrons. The number of nitrogens with one attached hydrogen (secondary N) is 1. The van der Waals surface area contributed by atoms with Crippen LogP contribution in [0.1, 0.15) is 11.1 Å². The summed E-state index contributed by atoms with van der Waals surface area (Å²) in [4.78, 5) is 0. The van der Waals surface area contributed by atoms with Gasteiger partial charge in [0.2, 0.25) is 0 Å². The Morgan fingerprint density at radius 3 is 2.52 bits per heavy atom. The zero-order chi connectivity index (χ0) is 23.2. The molecule has 0 amide bonds. The molecule has 7 nitrogen and oxygen atoms in total. The lowest BCUT2D eigenvalue weighted by atomic mass is 10.1. The van der Waals surface area contributed by atoms with Gasteiger partial charge in [-0.3, -0.25) is 0 Å². The largest absolute Gasteiger partial charge is 0.493 e. The summed E-state index contributed by atoms with van der Waals surface area (Å²) in [6, 6.07) is 10.3. The molecule has 33 heavy (non-hydrogen) atoms. The minimum Gasteiger partial charge on any atom is -0.493 e. The monoisotopic (exact) mass is 475 g/mol. The van der Waals surface area contributed by atoms with E-state index in [1.54, 1.807) is 20.3 Å². The maximum atomic E-state index is 13.8. The number of benzene rings is 2. The minimum atomic E-state index is -0.305. The van der Waals surface area contributed by atoms with Crippen molar-refractivity contribution in [2.75, 3.05) is 51.8 Å². The highest BCUT2D eigenvalue weighted by Crippen LogP contribution is 2.45.